The minimum Gasteiger partial charge on any atom is -0.493 e. The fraction of sp³-hybridized carbons (Fsp3) is 0.281. The van der Waals surface area contributed by atoms with Gasteiger partial charge in [-0.05, 0) is 78.4 Å². The molecule has 1 unspecified atom stereocenters. The van der Waals surface area contributed by atoms with Crippen molar-refractivity contribution in [2.75, 3.05) is 32.5 Å². The monoisotopic (exact) mass is 602 g/mol. The van der Waals surface area contributed by atoms with Crippen LogP contribution in [0, 0.1) is 5.82 Å². The summed E-state index contributed by atoms with van der Waals surface area (Å²) in [5.74, 6) is 0.841. The number of hydrogen-bond acceptors (Lipinski definition) is 8. The third kappa shape index (κ3) is 6.12. The molecule has 7 rings (SSSR count). The van der Waals surface area contributed by atoms with Crippen molar-refractivity contribution in [3.8, 4) is 23.0 Å². The Balaban J connectivity index is 1.39. The van der Waals surface area contributed by atoms with Gasteiger partial charge in [0.25, 0.3) is 5.91 Å². The summed E-state index contributed by atoms with van der Waals surface area (Å²) in [6.07, 6.45) is 1.91. The average Bonchev–Trinajstić information content (AvgIpc) is 3.44. The number of carbonyl (C=O) groups excluding carboxylic acids is 2. The van der Waals surface area contributed by atoms with Crippen LogP contribution in [0.4, 0.5) is 9.52 Å². The Bertz CT molecular complexity index is 1680. The molecule has 2 amide bonds. The molecule has 0 radical (unpaired) electrons. The molecule has 9 nitrogen and oxygen atoms in total. The normalized spacial score (nSPS) is 16.4. The molecule has 3 aliphatic rings. The van der Waals surface area contributed by atoms with Crippen LogP contribution in [-0.2, 0) is 17.6 Å². The zero-order chi connectivity index (χ0) is 29.9. The third-order valence-electron chi connectivity index (χ3n) is 7.61. The molecule has 222 valence electrons. The van der Waals surface area contributed by atoms with E-state index in [0.717, 1.165) is 22.4 Å². The second-order valence-corrected chi connectivity index (χ2v) is 11.3. The summed E-state index contributed by atoms with van der Waals surface area (Å²) in [7, 11) is 1.57. The fourth-order valence-electron chi connectivity index (χ4n) is 5.52. The number of hydrogen-bond donors (Lipinski definition) is 2. The number of nitrogens with one attached hydrogen (secondary N) is 1. The van der Waals surface area contributed by atoms with Gasteiger partial charge in [0.05, 0.1) is 31.0 Å². The van der Waals surface area contributed by atoms with Crippen molar-refractivity contribution in [1.82, 2.24) is 15.2 Å². The second kappa shape index (κ2) is 12.3. The fourth-order valence-corrected chi connectivity index (χ4v) is 6.11. The molecule has 0 saturated heterocycles. The zero-order valence-electron chi connectivity index (χ0n) is 23.6. The van der Waals surface area contributed by atoms with E-state index in [0.29, 0.717) is 60.4 Å². The number of aromatic nitrogens is 1. The number of thiazole rings is 1. The van der Waals surface area contributed by atoms with E-state index in [1.54, 1.807) is 7.11 Å². The van der Waals surface area contributed by atoms with Gasteiger partial charge in [-0.3, -0.25) is 9.59 Å². The molecule has 0 fully saturated rings. The van der Waals surface area contributed by atoms with Crippen molar-refractivity contribution in [1.29, 1.82) is 0 Å². The highest BCUT2D eigenvalue weighted by atomic mass is 32.1. The van der Waals surface area contributed by atoms with Crippen LogP contribution in [0.25, 0.3) is 0 Å². The molecular formula is C32H31FN4O5S. The predicted molar refractivity (Wildman–Crippen MR) is 160 cm³/mol. The first-order valence-corrected chi connectivity index (χ1v) is 15.0. The molecule has 43 heavy (non-hydrogen) atoms. The molecule has 8 bridgehead atoms. The average molecular weight is 603 g/mol. The van der Waals surface area contributed by atoms with Gasteiger partial charge in [0, 0.05) is 24.9 Å². The molecule has 0 aliphatic carbocycles. The van der Waals surface area contributed by atoms with E-state index < -0.39 is 11.7 Å². The Morgan fingerprint density at radius 1 is 1.19 bits per heavy atom. The topological polar surface area (TPSA) is 116 Å². The van der Waals surface area contributed by atoms with Gasteiger partial charge in [-0.1, -0.05) is 12.1 Å². The molecule has 4 aromatic rings. The molecule has 1 atom stereocenters. The number of ether oxygens (including phenoxy) is 3. The number of amides is 2. The first kappa shape index (κ1) is 28.5. The van der Waals surface area contributed by atoms with Crippen molar-refractivity contribution < 1.29 is 28.2 Å². The number of rotatable bonds is 4. The lowest BCUT2D eigenvalue weighted by Crippen LogP contribution is -2.40. The highest BCUT2D eigenvalue weighted by Crippen LogP contribution is 2.41. The van der Waals surface area contributed by atoms with Gasteiger partial charge in [0.15, 0.2) is 16.6 Å². The Labute approximate surface area is 252 Å². The highest BCUT2D eigenvalue weighted by Gasteiger charge is 2.33. The maximum atomic E-state index is 14.5. The van der Waals surface area contributed by atoms with Gasteiger partial charge in [-0.2, -0.15) is 0 Å². The van der Waals surface area contributed by atoms with Crippen LogP contribution in [-0.4, -0.2) is 48.5 Å². The van der Waals surface area contributed by atoms with Crippen molar-refractivity contribution in [3.05, 3.63) is 93.7 Å². The quantitative estimate of drug-likeness (QED) is 0.326. The number of nitrogens with zero attached hydrogens (tertiary/aromatic N) is 2. The van der Waals surface area contributed by atoms with Gasteiger partial charge in [-0.25, -0.2) is 9.37 Å². The first-order chi connectivity index (χ1) is 20.9. The lowest BCUT2D eigenvalue weighted by molar-refractivity contribution is -0.133. The van der Waals surface area contributed by atoms with Crippen LogP contribution in [0.3, 0.4) is 0 Å². The van der Waals surface area contributed by atoms with Crippen molar-refractivity contribution in [2.45, 2.75) is 31.7 Å². The van der Waals surface area contributed by atoms with Gasteiger partial charge in [0.1, 0.15) is 17.3 Å². The van der Waals surface area contributed by atoms with Crippen LogP contribution >= 0.6 is 11.3 Å². The van der Waals surface area contributed by atoms with Crippen molar-refractivity contribution >= 4 is 28.3 Å². The Hall–Kier alpha value is -4.64. The number of fused-ring (bicyclic) bond motifs is 6. The lowest BCUT2D eigenvalue weighted by Gasteiger charge is -2.38. The maximum Gasteiger partial charge on any atom is 0.254 e. The van der Waals surface area contributed by atoms with Gasteiger partial charge in [0.2, 0.25) is 5.91 Å². The minimum absolute atomic E-state index is 0.0116. The molecule has 3 aliphatic heterocycles. The minimum atomic E-state index is -0.631. The molecule has 4 heterocycles. The van der Waals surface area contributed by atoms with E-state index in [1.165, 1.54) is 29.5 Å². The number of halogens is 1. The van der Waals surface area contributed by atoms with Crippen LogP contribution in [0.15, 0.2) is 60.0 Å². The Morgan fingerprint density at radius 2 is 2.02 bits per heavy atom. The Morgan fingerprint density at radius 3 is 2.84 bits per heavy atom. The molecular weight excluding hydrogens is 571 g/mol. The molecule has 1 aromatic heterocycles. The summed E-state index contributed by atoms with van der Waals surface area (Å²) in [5, 5.41) is 5.11. The number of anilines is 1. The largest absolute Gasteiger partial charge is 0.493 e. The number of carbonyl (C=O) groups is 2. The highest BCUT2D eigenvalue weighted by molar-refractivity contribution is 7.13. The first-order valence-electron chi connectivity index (χ1n) is 14.1. The van der Waals surface area contributed by atoms with Gasteiger partial charge < -0.3 is 30.2 Å². The molecule has 0 saturated carbocycles. The summed E-state index contributed by atoms with van der Waals surface area (Å²) in [6, 6.07) is 15.2. The van der Waals surface area contributed by atoms with E-state index in [2.05, 4.69) is 10.3 Å². The summed E-state index contributed by atoms with van der Waals surface area (Å²) >= 11 is 1.36. The van der Waals surface area contributed by atoms with Crippen LogP contribution in [0.5, 0.6) is 23.0 Å². The lowest BCUT2D eigenvalue weighted by atomic mass is 9.87. The van der Waals surface area contributed by atoms with Crippen LogP contribution in [0.1, 0.15) is 51.6 Å². The van der Waals surface area contributed by atoms with E-state index >= 15 is 0 Å². The Kier molecular flexibility index (Phi) is 8.15. The molecule has 3 aromatic carbocycles. The second-order valence-electron chi connectivity index (χ2n) is 10.4. The third-order valence-corrected chi connectivity index (χ3v) is 8.34. The standard InChI is InChI=1S/C32H31FN4O5S/c1-40-27-9-3-20-16-28(27)41-14-2-12-35-31(39)25-17-23(6-8-26(25)33)42-22-5-7-24-19(15-22)11-13-37(30(20)24)29(38)10-4-21-18-43-32(34)36-21/h3,5-9,15-18,30H,2,4,10-14H2,1H3,(H2,34,36)(H,35,39). The molecule has 0 spiro atoms. The number of nitrogens with two attached hydrogens (primary N) is 1. The number of nitrogen functional groups attached to an aromatic ring is 1. The van der Waals surface area contributed by atoms with E-state index in [-0.39, 0.29) is 30.7 Å². The zero-order valence-corrected chi connectivity index (χ0v) is 24.4. The summed E-state index contributed by atoms with van der Waals surface area (Å²) in [5.41, 5.74) is 9.38. The number of aryl methyl sites for hydroxylation is 1. The molecule has 3 N–H and O–H groups in total. The number of methoxy groups -OCH3 is 1. The van der Waals surface area contributed by atoms with Crippen LogP contribution in [0.2, 0.25) is 0 Å². The van der Waals surface area contributed by atoms with Crippen molar-refractivity contribution in [3.63, 3.8) is 0 Å². The smallest absolute Gasteiger partial charge is 0.254 e. The van der Waals surface area contributed by atoms with Gasteiger partial charge in [-0.15, -0.1) is 11.3 Å². The van der Waals surface area contributed by atoms with Crippen LogP contribution < -0.4 is 25.3 Å². The SMILES string of the molecule is COc1ccc2cc1OCCCNC(=O)c1cc(ccc1F)Oc1ccc3c(c1)CCN(C(=O)CCc1csc(N)n1)C23. The summed E-state index contributed by atoms with van der Waals surface area (Å²) in [4.78, 5) is 32.6. The van der Waals surface area contributed by atoms with Gasteiger partial charge >= 0.3 is 0 Å². The number of benzene rings is 3. The summed E-state index contributed by atoms with van der Waals surface area (Å²) in [6.45, 7) is 1.07. The van der Waals surface area contributed by atoms with E-state index in [9.17, 15) is 14.0 Å². The predicted octanol–water partition coefficient (Wildman–Crippen LogP) is 5.28. The molecule has 11 heteroatoms. The van der Waals surface area contributed by atoms with E-state index in [1.807, 2.05) is 46.7 Å². The van der Waals surface area contributed by atoms with E-state index in [4.69, 9.17) is 19.9 Å². The van der Waals surface area contributed by atoms with Crippen molar-refractivity contribution in [2.24, 2.45) is 0 Å². The maximum absolute atomic E-state index is 14.5. The summed E-state index contributed by atoms with van der Waals surface area (Å²) < 4.78 is 32.3.